The lowest BCUT2D eigenvalue weighted by atomic mass is 10.4. The maximum Gasteiger partial charge on any atom is 0.0123 e. The Morgan fingerprint density at radius 1 is 1.18 bits per heavy atom. The van der Waals surface area contributed by atoms with Crippen LogP contribution in [-0.2, 0) is 4.57 Å². The smallest absolute Gasteiger partial charge is 0.0123 e. The van der Waals surface area contributed by atoms with Gasteiger partial charge in [0.1, 0.15) is 0 Å². The van der Waals surface area contributed by atoms with Gasteiger partial charge in [-0.25, -0.2) is 0 Å². The second kappa shape index (κ2) is 3.41. The minimum atomic E-state index is -4.47. The van der Waals surface area contributed by atoms with Crippen molar-refractivity contribution in [2.75, 3.05) is 0 Å². The van der Waals surface area contributed by atoms with Crippen molar-refractivity contribution in [3.05, 3.63) is 30.3 Å². The molecule has 0 unspecified atom stereocenters. The molecule has 0 fully saturated rings. The average molecular weight is 188 g/mol. The van der Waals surface area contributed by atoms with Gasteiger partial charge in [-0.15, -0.1) is 0 Å². The van der Waals surface area contributed by atoms with Crippen LogP contribution in [0.3, 0.4) is 0 Å². The molecule has 0 aromatic heterocycles. The lowest BCUT2D eigenvalue weighted by Gasteiger charge is -2.27. The molecular formula is C6H5O3PS-2. The van der Waals surface area contributed by atoms with Crippen molar-refractivity contribution in [3.8, 4) is 0 Å². The van der Waals surface area contributed by atoms with E-state index in [1.54, 1.807) is 30.3 Å². The molecule has 0 saturated heterocycles. The second-order valence-corrected chi connectivity index (χ2v) is 5.29. The van der Waals surface area contributed by atoms with Gasteiger partial charge >= 0.3 is 0 Å². The van der Waals surface area contributed by atoms with Gasteiger partial charge < -0.3 is 14.4 Å². The van der Waals surface area contributed by atoms with Gasteiger partial charge in [0.25, 0.3) is 0 Å². The van der Waals surface area contributed by atoms with Crippen LogP contribution >= 0.6 is 18.2 Å². The van der Waals surface area contributed by atoms with Crippen molar-refractivity contribution < 1.29 is 14.4 Å². The first-order valence-electron chi connectivity index (χ1n) is 2.85. The summed E-state index contributed by atoms with van der Waals surface area (Å²) in [6.07, 6.45) is 0. The van der Waals surface area contributed by atoms with Crippen LogP contribution in [0, 0.1) is 0 Å². The van der Waals surface area contributed by atoms with Gasteiger partial charge in [-0.1, -0.05) is 29.6 Å². The van der Waals surface area contributed by atoms with Gasteiger partial charge in [0.2, 0.25) is 0 Å². The molecule has 0 atom stereocenters. The molecule has 0 radical (unpaired) electrons. The first kappa shape index (κ1) is 8.81. The van der Waals surface area contributed by atoms with E-state index in [1.165, 1.54) is 0 Å². The van der Waals surface area contributed by atoms with Crippen molar-refractivity contribution in [1.29, 1.82) is 0 Å². The van der Waals surface area contributed by atoms with Gasteiger partial charge in [0, 0.05) is 4.90 Å². The van der Waals surface area contributed by atoms with Gasteiger partial charge in [-0.2, -0.15) is 0 Å². The second-order valence-electron chi connectivity index (χ2n) is 1.85. The van der Waals surface area contributed by atoms with Gasteiger partial charge in [-0.3, -0.25) is 0 Å². The Morgan fingerprint density at radius 3 is 2.18 bits per heavy atom. The molecule has 60 valence electrons. The highest BCUT2D eigenvalue weighted by Gasteiger charge is 1.93. The Bertz CT molecular complexity index is 268. The molecule has 0 aliphatic carbocycles. The van der Waals surface area contributed by atoms with E-state index in [4.69, 9.17) is 0 Å². The van der Waals surface area contributed by atoms with Crippen LogP contribution in [0.25, 0.3) is 0 Å². The van der Waals surface area contributed by atoms with Crippen molar-refractivity contribution in [3.63, 3.8) is 0 Å². The maximum atomic E-state index is 10.2. The molecule has 1 aromatic carbocycles. The zero-order chi connectivity index (χ0) is 8.32. The zero-order valence-electron chi connectivity index (χ0n) is 5.47. The highest BCUT2D eigenvalue weighted by Crippen LogP contribution is 2.46. The van der Waals surface area contributed by atoms with Crippen LogP contribution in [0.2, 0.25) is 0 Å². The summed E-state index contributed by atoms with van der Waals surface area (Å²) < 4.78 is 10.2. The molecule has 0 spiro atoms. The van der Waals surface area contributed by atoms with Crippen molar-refractivity contribution >= 4 is 18.2 Å². The minimum Gasteiger partial charge on any atom is -0.803 e. The molecule has 0 aliphatic rings. The Hall–Kier alpha value is -0.280. The summed E-state index contributed by atoms with van der Waals surface area (Å²) in [6, 6.07) is 8.26. The molecule has 11 heavy (non-hydrogen) atoms. The van der Waals surface area contributed by atoms with Crippen molar-refractivity contribution in [2.45, 2.75) is 4.90 Å². The van der Waals surface area contributed by atoms with E-state index in [1.807, 2.05) is 0 Å². The third kappa shape index (κ3) is 3.58. The standard InChI is InChI=1S/C6H7O3PS/c7-10(8,9)11-6-4-2-1-3-5-6/h1-5H,(H2,7,8,9)/p-2. The third-order valence-corrected chi connectivity index (χ3v) is 2.97. The Labute approximate surface area is 68.4 Å². The molecule has 0 aliphatic heterocycles. The summed E-state index contributed by atoms with van der Waals surface area (Å²) in [4.78, 5) is 20.9. The minimum absolute atomic E-state index is 0.345. The van der Waals surface area contributed by atoms with E-state index in [0.717, 1.165) is 0 Å². The molecular weight excluding hydrogens is 183 g/mol. The summed E-state index contributed by atoms with van der Waals surface area (Å²) in [5.41, 5.74) is 0. The van der Waals surface area contributed by atoms with E-state index in [0.29, 0.717) is 16.3 Å². The Balaban J connectivity index is 2.74. The highest BCUT2D eigenvalue weighted by molar-refractivity contribution is 8.53. The van der Waals surface area contributed by atoms with Crippen LogP contribution in [-0.4, -0.2) is 0 Å². The maximum absolute atomic E-state index is 10.2. The first-order chi connectivity index (χ1) is 5.08. The Kier molecular flexibility index (Phi) is 2.73. The van der Waals surface area contributed by atoms with Crippen molar-refractivity contribution in [2.24, 2.45) is 0 Å². The lowest BCUT2D eigenvalue weighted by Crippen LogP contribution is -2.09. The lowest BCUT2D eigenvalue weighted by molar-refractivity contribution is -0.302. The zero-order valence-corrected chi connectivity index (χ0v) is 7.18. The van der Waals surface area contributed by atoms with E-state index < -0.39 is 6.80 Å². The fraction of sp³-hybridized carbons (Fsp3) is 0. The molecule has 0 N–H and O–H groups in total. The van der Waals surface area contributed by atoms with Gasteiger partial charge in [0.15, 0.2) is 0 Å². The predicted molar refractivity (Wildman–Crippen MR) is 39.9 cm³/mol. The number of benzene rings is 1. The summed E-state index contributed by atoms with van der Waals surface area (Å²) in [6.45, 7) is -4.47. The monoisotopic (exact) mass is 188 g/mol. The molecule has 0 amide bonds. The van der Waals surface area contributed by atoms with E-state index in [9.17, 15) is 14.4 Å². The molecule has 1 rings (SSSR count). The van der Waals surface area contributed by atoms with Crippen LogP contribution in [0.4, 0.5) is 0 Å². The molecule has 0 heterocycles. The van der Waals surface area contributed by atoms with E-state index in [-0.39, 0.29) is 0 Å². The first-order valence-corrected chi connectivity index (χ1v) is 5.81. The largest absolute Gasteiger partial charge is 0.803 e. The van der Waals surface area contributed by atoms with E-state index >= 15 is 0 Å². The number of rotatable bonds is 2. The quantitative estimate of drug-likeness (QED) is 0.638. The van der Waals surface area contributed by atoms with Crippen LogP contribution < -0.4 is 9.79 Å². The van der Waals surface area contributed by atoms with Crippen LogP contribution in [0.5, 0.6) is 0 Å². The molecule has 0 saturated carbocycles. The number of hydrogen-bond acceptors (Lipinski definition) is 4. The van der Waals surface area contributed by atoms with Gasteiger partial charge in [0.05, 0.1) is 0 Å². The third-order valence-electron chi connectivity index (χ3n) is 0.960. The summed E-state index contributed by atoms with van der Waals surface area (Å²) in [5.74, 6) is 0. The molecule has 5 heteroatoms. The summed E-state index contributed by atoms with van der Waals surface area (Å²) in [7, 11) is 0. The van der Waals surface area contributed by atoms with Crippen LogP contribution in [0.15, 0.2) is 35.2 Å². The topological polar surface area (TPSA) is 63.2 Å². The normalized spacial score (nSPS) is 11.5. The predicted octanol–water partition coefficient (Wildman–Crippen LogP) is 0.607. The number of hydrogen-bond donors (Lipinski definition) is 0. The summed E-state index contributed by atoms with van der Waals surface area (Å²) >= 11 is 0.345. The Morgan fingerprint density at radius 2 is 1.73 bits per heavy atom. The van der Waals surface area contributed by atoms with Crippen LogP contribution in [0.1, 0.15) is 0 Å². The van der Waals surface area contributed by atoms with Gasteiger partial charge in [-0.05, 0) is 18.9 Å². The van der Waals surface area contributed by atoms with E-state index in [2.05, 4.69) is 0 Å². The summed E-state index contributed by atoms with van der Waals surface area (Å²) in [5, 5.41) is 0. The fourth-order valence-electron chi connectivity index (χ4n) is 0.610. The highest BCUT2D eigenvalue weighted by atomic mass is 32.7. The molecule has 0 bridgehead atoms. The molecule has 3 nitrogen and oxygen atoms in total. The SMILES string of the molecule is O=P([O-])([O-])Sc1ccccc1. The average Bonchev–Trinajstić information content (AvgIpc) is 1.85. The van der Waals surface area contributed by atoms with Crippen molar-refractivity contribution in [1.82, 2.24) is 0 Å². The molecule has 1 aromatic rings. The fourth-order valence-corrected chi connectivity index (χ4v) is 2.29.